The SMILES string of the molecule is CC1OC(C)(c2cc([N+](=O)[O-])ccc2F)OC1C. The molecular formula is C12H14FNO4. The first-order valence-electron chi connectivity index (χ1n) is 5.63. The van der Waals surface area contributed by atoms with Gasteiger partial charge in [0.2, 0.25) is 0 Å². The van der Waals surface area contributed by atoms with Crippen molar-refractivity contribution in [2.24, 2.45) is 0 Å². The third-order valence-corrected chi connectivity index (χ3v) is 3.13. The molecule has 18 heavy (non-hydrogen) atoms. The van der Waals surface area contributed by atoms with Crippen LogP contribution in [0.4, 0.5) is 10.1 Å². The van der Waals surface area contributed by atoms with E-state index in [1.54, 1.807) is 6.92 Å². The van der Waals surface area contributed by atoms with E-state index in [0.717, 1.165) is 18.2 Å². The maximum Gasteiger partial charge on any atom is 0.270 e. The van der Waals surface area contributed by atoms with Crippen LogP contribution < -0.4 is 0 Å². The molecule has 1 aliphatic rings. The summed E-state index contributed by atoms with van der Waals surface area (Å²) in [4.78, 5) is 10.1. The van der Waals surface area contributed by atoms with Gasteiger partial charge in [0.1, 0.15) is 5.82 Å². The summed E-state index contributed by atoms with van der Waals surface area (Å²) in [5.41, 5.74) is -0.139. The van der Waals surface area contributed by atoms with E-state index < -0.39 is 16.5 Å². The van der Waals surface area contributed by atoms with E-state index in [0.29, 0.717) is 0 Å². The maximum absolute atomic E-state index is 13.8. The van der Waals surface area contributed by atoms with Gasteiger partial charge in [0, 0.05) is 12.1 Å². The van der Waals surface area contributed by atoms with E-state index in [-0.39, 0.29) is 23.5 Å². The van der Waals surface area contributed by atoms with Crippen molar-refractivity contribution >= 4 is 5.69 Å². The number of ether oxygens (including phenoxy) is 2. The fourth-order valence-electron chi connectivity index (χ4n) is 2.03. The van der Waals surface area contributed by atoms with Gasteiger partial charge in [-0.2, -0.15) is 0 Å². The Hall–Kier alpha value is -1.53. The third kappa shape index (κ3) is 2.09. The normalized spacial score (nSPS) is 31.6. The number of nitro groups is 1. The van der Waals surface area contributed by atoms with Crippen LogP contribution in [0.15, 0.2) is 18.2 Å². The highest BCUT2D eigenvalue weighted by atomic mass is 19.1. The standard InChI is InChI=1S/C12H14FNO4/c1-7-8(2)18-12(3,17-7)10-6-9(14(15)16)4-5-11(10)13/h4-8H,1-3H3. The molecule has 0 spiro atoms. The molecule has 0 amide bonds. The van der Waals surface area contributed by atoms with Crippen LogP contribution in [0.25, 0.3) is 0 Å². The summed E-state index contributed by atoms with van der Waals surface area (Å²) >= 11 is 0. The summed E-state index contributed by atoms with van der Waals surface area (Å²) in [5, 5.41) is 10.7. The van der Waals surface area contributed by atoms with Crippen molar-refractivity contribution in [2.75, 3.05) is 0 Å². The number of nitrogens with zero attached hydrogens (tertiary/aromatic N) is 1. The second-order valence-corrected chi connectivity index (χ2v) is 4.51. The lowest BCUT2D eigenvalue weighted by Crippen LogP contribution is -2.25. The van der Waals surface area contributed by atoms with E-state index in [1.165, 1.54) is 0 Å². The van der Waals surface area contributed by atoms with Gasteiger partial charge in [-0.05, 0) is 26.8 Å². The number of halogens is 1. The van der Waals surface area contributed by atoms with Crippen molar-refractivity contribution in [1.82, 2.24) is 0 Å². The monoisotopic (exact) mass is 255 g/mol. The highest BCUT2D eigenvalue weighted by Crippen LogP contribution is 2.39. The average Bonchev–Trinajstić information content (AvgIpc) is 2.54. The molecule has 0 aromatic heterocycles. The summed E-state index contributed by atoms with van der Waals surface area (Å²) < 4.78 is 25.0. The minimum Gasteiger partial charge on any atom is -0.340 e. The first kappa shape index (κ1) is 12.9. The van der Waals surface area contributed by atoms with E-state index >= 15 is 0 Å². The number of hydrogen-bond acceptors (Lipinski definition) is 4. The molecule has 98 valence electrons. The molecule has 0 bridgehead atoms. The molecule has 6 heteroatoms. The van der Waals surface area contributed by atoms with Gasteiger partial charge < -0.3 is 9.47 Å². The highest BCUT2D eigenvalue weighted by molar-refractivity contribution is 5.37. The third-order valence-electron chi connectivity index (χ3n) is 3.13. The fraction of sp³-hybridized carbons (Fsp3) is 0.500. The van der Waals surface area contributed by atoms with Crippen molar-refractivity contribution < 1.29 is 18.8 Å². The fourth-order valence-corrected chi connectivity index (χ4v) is 2.03. The Balaban J connectivity index is 2.44. The Morgan fingerprint density at radius 1 is 1.33 bits per heavy atom. The number of hydrogen-bond donors (Lipinski definition) is 0. The van der Waals surface area contributed by atoms with Gasteiger partial charge in [-0.1, -0.05) is 0 Å². The molecule has 0 radical (unpaired) electrons. The average molecular weight is 255 g/mol. The lowest BCUT2D eigenvalue weighted by molar-refractivity contribution is -0.385. The number of benzene rings is 1. The van der Waals surface area contributed by atoms with Crippen molar-refractivity contribution in [1.29, 1.82) is 0 Å². The summed E-state index contributed by atoms with van der Waals surface area (Å²) in [6, 6.07) is 3.32. The molecule has 1 saturated heterocycles. The van der Waals surface area contributed by atoms with Gasteiger partial charge in [0.05, 0.1) is 22.7 Å². The van der Waals surface area contributed by atoms with Gasteiger partial charge in [-0.15, -0.1) is 0 Å². The van der Waals surface area contributed by atoms with Crippen LogP contribution in [-0.2, 0) is 15.3 Å². The summed E-state index contributed by atoms with van der Waals surface area (Å²) in [6.07, 6.45) is -0.401. The van der Waals surface area contributed by atoms with Gasteiger partial charge in [-0.25, -0.2) is 4.39 Å². The van der Waals surface area contributed by atoms with Crippen LogP contribution in [0, 0.1) is 15.9 Å². The second-order valence-electron chi connectivity index (χ2n) is 4.51. The van der Waals surface area contributed by atoms with Crippen molar-refractivity contribution in [2.45, 2.75) is 38.8 Å². The Bertz CT molecular complexity index is 481. The van der Waals surface area contributed by atoms with Gasteiger partial charge in [-0.3, -0.25) is 10.1 Å². The molecule has 5 nitrogen and oxygen atoms in total. The van der Waals surface area contributed by atoms with Gasteiger partial charge in [0.25, 0.3) is 5.69 Å². The van der Waals surface area contributed by atoms with Gasteiger partial charge >= 0.3 is 0 Å². The van der Waals surface area contributed by atoms with Crippen LogP contribution in [0.1, 0.15) is 26.3 Å². The van der Waals surface area contributed by atoms with E-state index in [2.05, 4.69) is 0 Å². The van der Waals surface area contributed by atoms with Crippen LogP contribution in [0.2, 0.25) is 0 Å². The van der Waals surface area contributed by atoms with Crippen molar-refractivity contribution in [3.63, 3.8) is 0 Å². The first-order valence-corrected chi connectivity index (χ1v) is 5.63. The topological polar surface area (TPSA) is 61.6 Å². The lowest BCUT2D eigenvalue weighted by atomic mass is 10.1. The summed E-state index contributed by atoms with van der Waals surface area (Å²) in [6.45, 7) is 5.19. The molecule has 2 rings (SSSR count). The zero-order valence-corrected chi connectivity index (χ0v) is 10.3. The van der Waals surface area contributed by atoms with E-state index in [4.69, 9.17) is 9.47 Å². The van der Waals surface area contributed by atoms with Crippen molar-refractivity contribution in [3.05, 3.63) is 39.7 Å². The predicted octanol–water partition coefficient (Wildman–Crippen LogP) is 2.73. The molecule has 1 aromatic rings. The second kappa shape index (κ2) is 4.29. The molecular weight excluding hydrogens is 241 g/mol. The number of nitro benzene ring substituents is 1. The molecule has 1 aliphatic heterocycles. The first-order chi connectivity index (χ1) is 8.33. The zero-order valence-electron chi connectivity index (χ0n) is 10.3. The van der Waals surface area contributed by atoms with Crippen molar-refractivity contribution in [3.8, 4) is 0 Å². The molecule has 1 fully saturated rings. The minimum absolute atomic E-state index is 0.0490. The number of rotatable bonds is 2. The Morgan fingerprint density at radius 2 is 1.89 bits per heavy atom. The largest absolute Gasteiger partial charge is 0.340 e. The lowest BCUT2D eigenvalue weighted by Gasteiger charge is -2.23. The Morgan fingerprint density at radius 3 is 2.39 bits per heavy atom. The molecule has 2 atom stereocenters. The minimum atomic E-state index is -1.28. The van der Waals surface area contributed by atoms with Crippen LogP contribution in [0.5, 0.6) is 0 Å². The molecule has 0 aliphatic carbocycles. The predicted molar refractivity (Wildman–Crippen MR) is 61.5 cm³/mol. The van der Waals surface area contributed by atoms with E-state index in [9.17, 15) is 14.5 Å². The summed E-state index contributed by atoms with van der Waals surface area (Å²) in [7, 11) is 0. The molecule has 0 saturated carbocycles. The van der Waals surface area contributed by atoms with Crippen LogP contribution >= 0.6 is 0 Å². The van der Waals surface area contributed by atoms with Crippen LogP contribution in [0.3, 0.4) is 0 Å². The smallest absolute Gasteiger partial charge is 0.270 e. The molecule has 0 N–H and O–H groups in total. The Kier molecular flexibility index (Phi) is 3.08. The van der Waals surface area contributed by atoms with Gasteiger partial charge in [0.15, 0.2) is 5.79 Å². The highest BCUT2D eigenvalue weighted by Gasteiger charge is 2.43. The summed E-state index contributed by atoms with van der Waals surface area (Å²) in [5.74, 6) is -1.86. The molecule has 1 aromatic carbocycles. The van der Waals surface area contributed by atoms with E-state index in [1.807, 2.05) is 13.8 Å². The van der Waals surface area contributed by atoms with Crippen LogP contribution in [-0.4, -0.2) is 17.1 Å². The zero-order chi connectivity index (χ0) is 13.5. The molecule has 2 unspecified atom stereocenters. The Labute approximate surface area is 104 Å². The quantitative estimate of drug-likeness (QED) is 0.602. The number of non-ortho nitro benzene ring substituents is 1. The molecule has 1 heterocycles. The maximum atomic E-state index is 13.8.